The Hall–Kier alpha value is -0.0400. The second-order valence-electron chi connectivity index (χ2n) is 2.93. The molecule has 2 rings (SSSR count). The van der Waals surface area contributed by atoms with Crippen molar-refractivity contribution in [3.8, 4) is 0 Å². The van der Waals surface area contributed by atoms with Gasteiger partial charge in [0.15, 0.2) is 0 Å². The van der Waals surface area contributed by atoms with E-state index in [9.17, 15) is 0 Å². The van der Waals surface area contributed by atoms with Crippen molar-refractivity contribution in [1.82, 2.24) is 0 Å². The lowest BCUT2D eigenvalue weighted by molar-refractivity contribution is 0.528. The van der Waals surface area contributed by atoms with Crippen molar-refractivity contribution in [3.05, 3.63) is 48.3 Å². The number of rotatable bonds is 5. The maximum absolute atomic E-state index is 5.26. The van der Waals surface area contributed by atoms with Gasteiger partial charge in [-0.3, -0.25) is 0 Å². The van der Waals surface area contributed by atoms with Gasteiger partial charge in [-0.1, -0.05) is 21.6 Å². The third-order valence-electron chi connectivity index (χ3n) is 1.81. The molecule has 0 N–H and O–H groups in total. The highest BCUT2D eigenvalue weighted by atomic mass is 33.1. The third-order valence-corrected chi connectivity index (χ3v) is 6.24. The maximum atomic E-state index is 5.26. The number of furan rings is 2. The predicted molar refractivity (Wildman–Crippen MR) is 76.1 cm³/mol. The molecule has 0 radical (unpaired) electrons. The van der Waals surface area contributed by atoms with Crippen molar-refractivity contribution in [1.29, 1.82) is 0 Å². The Balaban J connectivity index is 1.84. The Morgan fingerprint density at radius 3 is 1.62 bits per heavy atom. The van der Waals surface area contributed by atoms with E-state index in [-0.39, 0.29) is 9.16 Å². The van der Waals surface area contributed by atoms with Crippen LogP contribution in [-0.2, 0) is 0 Å². The van der Waals surface area contributed by atoms with Crippen LogP contribution in [0.2, 0.25) is 0 Å². The molecule has 2 aromatic heterocycles. The van der Waals surface area contributed by atoms with Gasteiger partial charge in [0.1, 0.15) is 20.7 Å². The summed E-state index contributed by atoms with van der Waals surface area (Å²) >= 11 is 8.88. The van der Waals surface area contributed by atoms with Gasteiger partial charge in [-0.25, -0.2) is 0 Å². The maximum Gasteiger partial charge on any atom is 0.127 e. The van der Waals surface area contributed by atoms with E-state index < -0.39 is 0 Å². The molecule has 0 fully saturated rings. The molecular formula is C10H10O2S4. The molecule has 0 aliphatic carbocycles. The van der Waals surface area contributed by atoms with Gasteiger partial charge >= 0.3 is 0 Å². The van der Waals surface area contributed by atoms with Crippen LogP contribution in [0.5, 0.6) is 0 Å². The van der Waals surface area contributed by atoms with E-state index in [2.05, 4.69) is 25.3 Å². The van der Waals surface area contributed by atoms with E-state index in [4.69, 9.17) is 8.83 Å². The van der Waals surface area contributed by atoms with Crippen molar-refractivity contribution in [2.24, 2.45) is 0 Å². The molecule has 0 bridgehead atoms. The number of hydrogen-bond donors (Lipinski definition) is 2. The molecule has 6 heteroatoms. The predicted octanol–water partition coefficient (Wildman–Crippen LogP) is 4.81. The molecule has 16 heavy (non-hydrogen) atoms. The van der Waals surface area contributed by atoms with Gasteiger partial charge in [0, 0.05) is 0 Å². The molecule has 86 valence electrons. The van der Waals surface area contributed by atoms with E-state index in [1.54, 1.807) is 34.1 Å². The van der Waals surface area contributed by atoms with E-state index >= 15 is 0 Å². The molecular weight excluding hydrogens is 280 g/mol. The largest absolute Gasteiger partial charge is 0.467 e. The average Bonchev–Trinajstić information content (AvgIpc) is 2.95. The Labute approximate surface area is 113 Å². The van der Waals surface area contributed by atoms with E-state index in [0.717, 1.165) is 11.5 Å². The molecule has 0 aromatic carbocycles. The summed E-state index contributed by atoms with van der Waals surface area (Å²) in [7, 11) is 3.18. The lowest BCUT2D eigenvalue weighted by Crippen LogP contribution is -1.81. The second kappa shape index (κ2) is 6.05. The summed E-state index contributed by atoms with van der Waals surface area (Å²) in [5.74, 6) is 1.70. The quantitative estimate of drug-likeness (QED) is 0.469. The molecule has 2 nitrogen and oxygen atoms in total. The van der Waals surface area contributed by atoms with Gasteiger partial charge < -0.3 is 8.83 Å². The molecule has 0 aliphatic rings. The highest BCUT2D eigenvalue weighted by Gasteiger charge is 2.15. The summed E-state index contributed by atoms with van der Waals surface area (Å²) in [5, 5.41) is 0. The van der Waals surface area contributed by atoms with Crippen LogP contribution in [0.1, 0.15) is 20.7 Å². The van der Waals surface area contributed by atoms with Crippen LogP contribution >= 0.6 is 46.8 Å². The highest BCUT2D eigenvalue weighted by molar-refractivity contribution is 8.79. The van der Waals surface area contributed by atoms with Crippen molar-refractivity contribution in [2.75, 3.05) is 0 Å². The van der Waals surface area contributed by atoms with Crippen LogP contribution in [0.3, 0.4) is 0 Å². The molecule has 2 heterocycles. The average molecular weight is 290 g/mol. The smallest absolute Gasteiger partial charge is 0.127 e. The fourth-order valence-corrected chi connectivity index (χ4v) is 4.12. The van der Waals surface area contributed by atoms with Gasteiger partial charge in [0.2, 0.25) is 0 Å². The van der Waals surface area contributed by atoms with E-state index in [0.29, 0.717) is 0 Å². The Morgan fingerprint density at radius 1 is 0.875 bits per heavy atom. The molecule has 2 atom stereocenters. The minimum Gasteiger partial charge on any atom is -0.467 e. The minimum atomic E-state index is 0.00427. The Kier molecular flexibility index (Phi) is 4.69. The van der Waals surface area contributed by atoms with Crippen LogP contribution in [0, 0.1) is 0 Å². The Morgan fingerprint density at radius 2 is 1.31 bits per heavy atom. The zero-order valence-corrected chi connectivity index (χ0v) is 11.6. The fourth-order valence-electron chi connectivity index (χ4n) is 1.06. The van der Waals surface area contributed by atoms with Gasteiger partial charge in [-0.15, -0.1) is 0 Å². The molecule has 0 aliphatic heterocycles. The van der Waals surface area contributed by atoms with Gasteiger partial charge in [-0.2, -0.15) is 25.3 Å². The molecule has 2 aromatic rings. The van der Waals surface area contributed by atoms with Gasteiger partial charge in [-0.05, 0) is 24.3 Å². The lowest BCUT2D eigenvalue weighted by atomic mass is 10.5. The first-order valence-corrected chi connectivity index (χ1v) is 7.83. The highest BCUT2D eigenvalue weighted by Crippen LogP contribution is 2.49. The third kappa shape index (κ3) is 3.23. The van der Waals surface area contributed by atoms with Gasteiger partial charge in [0.25, 0.3) is 0 Å². The summed E-state index contributed by atoms with van der Waals surface area (Å²) in [5.41, 5.74) is 0. The van der Waals surface area contributed by atoms with Crippen molar-refractivity contribution in [3.63, 3.8) is 0 Å². The first kappa shape index (κ1) is 12.4. The second-order valence-corrected chi connectivity index (χ2v) is 7.14. The minimum absolute atomic E-state index is 0.00427. The normalized spacial score (nSPS) is 14.9. The fraction of sp³-hybridized carbons (Fsp3) is 0.200. The molecule has 2 unspecified atom stereocenters. The molecule has 0 amide bonds. The van der Waals surface area contributed by atoms with E-state index in [1.807, 2.05) is 24.3 Å². The molecule has 0 saturated carbocycles. The van der Waals surface area contributed by atoms with Crippen LogP contribution in [0.4, 0.5) is 0 Å². The zero-order chi connectivity index (χ0) is 11.4. The first-order valence-electron chi connectivity index (χ1n) is 4.52. The topological polar surface area (TPSA) is 26.3 Å². The zero-order valence-electron chi connectivity index (χ0n) is 8.15. The van der Waals surface area contributed by atoms with E-state index in [1.165, 1.54) is 0 Å². The summed E-state index contributed by atoms with van der Waals surface area (Å²) in [6, 6.07) is 7.53. The summed E-state index contributed by atoms with van der Waals surface area (Å²) < 4.78 is 10.5. The number of hydrogen-bond acceptors (Lipinski definition) is 6. The first-order chi connectivity index (χ1) is 7.77. The summed E-state index contributed by atoms with van der Waals surface area (Å²) in [4.78, 5) is 0. The van der Waals surface area contributed by atoms with Crippen LogP contribution in [0.25, 0.3) is 0 Å². The van der Waals surface area contributed by atoms with Crippen molar-refractivity contribution in [2.45, 2.75) is 9.16 Å². The summed E-state index contributed by atoms with van der Waals surface area (Å²) in [6.07, 6.45) is 3.29. The summed E-state index contributed by atoms with van der Waals surface area (Å²) in [6.45, 7) is 0. The molecule has 0 spiro atoms. The SMILES string of the molecule is SC(SSC(S)c1ccco1)c1ccco1. The Bertz CT molecular complexity index is 358. The van der Waals surface area contributed by atoms with Crippen LogP contribution < -0.4 is 0 Å². The van der Waals surface area contributed by atoms with Crippen LogP contribution in [0.15, 0.2) is 45.6 Å². The lowest BCUT2D eigenvalue weighted by Gasteiger charge is -2.09. The monoisotopic (exact) mass is 290 g/mol. The standard InChI is InChI=1S/C10H10O2S4/c13-9(7-3-1-5-11-7)15-16-10(14)8-4-2-6-12-8/h1-6,9-10,13-14H. The van der Waals surface area contributed by atoms with Crippen LogP contribution in [-0.4, -0.2) is 0 Å². The molecule has 0 saturated heterocycles. The van der Waals surface area contributed by atoms with Gasteiger partial charge in [0.05, 0.1) is 12.5 Å². The number of thiol groups is 2. The van der Waals surface area contributed by atoms with Crippen molar-refractivity contribution < 1.29 is 8.83 Å². The van der Waals surface area contributed by atoms with Crippen molar-refractivity contribution >= 4 is 46.8 Å².